The SMILES string of the molecule is C=C1/C=C(NC(=O)CN/C(CCNC)=C(\N)NC)\C=C/CSC(C)=N1. The normalized spacial score (nSPS) is 19.2. The fourth-order valence-electron chi connectivity index (χ4n) is 2.03. The van der Waals surface area contributed by atoms with E-state index in [1.54, 1.807) is 24.9 Å². The molecule has 0 fully saturated rings. The Morgan fingerprint density at radius 1 is 1.44 bits per heavy atom. The van der Waals surface area contributed by atoms with Gasteiger partial charge in [-0.2, -0.15) is 0 Å². The van der Waals surface area contributed by atoms with Crippen LogP contribution < -0.4 is 27.0 Å². The minimum atomic E-state index is -0.165. The zero-order valence-electron chi connectivity index (χ0n) is 15.1. The molecule has 0 aromatic rings. The third-order valence-corrected chi connectivity index (χ3v) is 4.14. The molecule has 25 heavy (non-hydrogen) atoms. The van der Waals surface area contributed by atoms with Gasteiger partial charge in [-0.25, -0.2) is 4.99 Å². The van der Waals surface area contributed by atoms with E-state index in [0.717, 1.165) is 23.0 Å². The van der Waals surface area contributed by atoms with Gasteiger partial charge >= 0.3 is 0 Å². The molecule has 1 amide bonds. The highest BCUT2D eigenvalue weighted by atomic mass is 32.2. The van der Waals surface area contributed by atoms with Crippen molar-refractivity contribution in [3.05, 3.63) is 47.7 Å². The van der Waals surface area contributed by atoms with E-state index in [4.69, 9.17) is 5.73 Å². The number of nitrogens with two attached hydrogens (primary N) is 1. The van der Waals surface area contributed by atoms with Crippen molar-refractivity contribution in [3.8, 4) is 0 Å². The first-order valence-corrected chi connectivity index (χ1v) is 9.04. The lowest BCUT2D eigenvalue weighted by Crippen LogP contribution is -2.35. The zero-order valence-corrected chi connectivity index (χ0v) is 15.9. The van der Waals surface area contributed by atoms with Gasteiger partial charge in [-0.15, -0.1) is 11.8 Å². The summed E-state index contributed by atoms with van der Waals surface area (Å²) in [7, 11) is 3.61. The average Bonchev–Trinajstić information content (AvgIpc) is 2.64. The van der Waals surface area contributed by atoms with Crippen LogP contribution >= 0.6 is 11.8 Å². The average molecular weight is 365 g/mol. The first-order valence-electron chi connectivity index (χ1n) is 8.06. The van der Waals surface area contributed by atoms with E-state index in [0.29, 0.717) is 23.6 Å². The molecule has 1 aliphatic heterocycles. The molecule has 0 spiro atoms. The molecule has 0 saturated heterocycles. The second kappa shape index (κ2) is 11.4. The first kappa shape index (κ1) is 20.9. The molecule has 1 heterocycles. The van der Waals surface area contributed by atoms with Gasteiger partial charge in [-0.3, -0.25) is 4.79 Å². The standard InChI is InChI=1S/C17H28N6OS/c1-12-10-14(6-5-9-25-13(2)22-12)23-16(24)11-21-15(7-8-19-3)17(18)20-4/h5-6,10,19-21H,1,7-9,11,18H2,2-4H3,(H,23,24)/b6-5-,14-10+,17-15+,22-13?. The summed E-state index contributed by atoms with van der Waals surface area (Å²) in [5.41, 5.74) is 7.98. The maximum Gasteiger partial charge on any atom is 0.243 e. The first-order chi connectivity index (χ1) is 12.0. The predicted molar refractivity (Wildman–Crippen MR) is 107 cm³/mol. The molecular weight excluding hydrogens is 336 g/mol. The van der Waals surface area contributed by atoms with Crippen LogP contribution in [0.1, 0.15) is 13.3 Å². The fourth-order valence-corrected chi connectivity index (χ4v) is 2.64. The number of aliphatic imine (C=N–C) groups is 1. The number of hydrogen-bond donors (Lipinski definition) is 5. The highest BCUT2D eigenvalue weighted by Gasteiger charge is 2.08. The summed E-state index contributed by atoms with van der Waals surface area (Å²) in [6.45, 7) is 6.71. The Morgan fingerprint density at radius 3 is 2.88 bits per heavy atom. The Bertz CT molecular complexity index is 606. The van der Waals surface area contributed by atoms with Crippen LogP contribution in [0.3, 0.4) is 0 Å². The van der Waals surface area contributed by atoms with E-state index in [2.05, 4.69) is 32.8 Å². The van der Waals surface area contributed by atoms with Crippen LogP contribution in [0.4, 0.5) is 0 Å². The topological polar surface area (TPSA) is 104 Å². The van der Waals surface area contributed by atoms with E-state index in [-0.39, 0.29) is 12.5 Å². The smallest absolute Gasteiger partial charge is 0.243 e. The summed E-state index contributed by atoms with van der Waals surface area (Å²) in [5, 5.41) is 12.8. The van der Waals surface area contributed by atoms with Gasteiger partial charge in [-0.05, 0) is 26.1 Å². The number of allylic oxidation sites excluding steroid dienone is 2. The Labute approximate surface area is 154 Å². The number of carbonyl (C=O) groups excluding carboxylic acids is 1. The molecule has 0 atom stereocenters. The van der Waals surface area contributed by atoms with Crippen molar-refractivity contribution < 1.29 is 4.79 Å². The maximum absolute atomic E-state index is 12.2. The summed E-state index contributed by atoms with van der Waals surface area (Å²) < 4.78 is 0. The van der Waals surface area contributed by atoms with Crippen molar-refractivity contribution in [2.45, 2.75) is 13.3 Å². The van der Waals surface area contributed by atoms with Crippen LogP contribution in [0.25, 0.3) is 0 Å². The lowest BCUT2D eigenvalue weighted by molar-refractivity contribution is -0.119. The molecule has 0 bridgehead atoms. The van der Waals surface area contributed by atoms with Gasteiger partial charge in [0.2, 0.25) is 5.91 Å². The molecule has 1 aliphatic rings. The van der Waals surface area contributed by atoms with Crippen molar-refractivity contribution in [2.24, 2.45) is 10.7 Å². The lowest BCUT2D eigenvalue weighted by Gasteiger charge is -2.14. The molecule has 0 aromatic carbocycles. The number of nitrogens with zero attached hydrogens (tertiary/aromatic N) is 1. The van der Waals surface area contributed by atoms with Crippen LogP contribution in [-0.2, 0) is 4.79 Å². The maximum atomic E-state index is 12.2. The summed E-state index contributed by atoms with van der Waals surface area (Å²) in [4.78, 5) is 16.6. The molecule has 7 nitrogen and oxygen atoms in total. The second-order valence-corrected chi connectivity index (χ2v) is 6.55. The van der Waals surface area contributed by atoms with Crippen molar-refractivity contribution in [1.29, 1.82) is 0 Å². The summed E-state index contributed by atoms with van der Waals surface area (Å²) in [6, 6.07) is 0. The van der Waals surface area contributed by atoms with E-state index in [1.807, 2.05) is 26.1 Å². The summed E-state index contributed by atoms with van der Waals surface area (Å²) in [5.74, 6) is 1.16. The van der Waals surface area contributed by atoms with Crippen molar-refractivity contribution >= 4 is 22.7 Å². The number of carbonyl (C=O) groups is 1. The zero-order chi connectivity index (χ0) is 18.7. The molecular formula is C17H28N6OS. The molecule has 0 aromatic heterocycles. The molecule has 138 valence electrons. The highest BCUT2D eigenvalue weighted by molar-refractivity contribution is 8.14. The quantitative estimate of drug-likeness (QED) is 0.436. The molecule has 8 heteroatoms. The van der Waals surface area contributed by atoms with E-state index < -0.39 is 0 Å². The second-order valence-electron chi connectivity index (χ2n) is 5.33. The third kappa shape index (κ3) is 8.46. The fraction of sp³-hybridized carbons (Fsp3) is 0.412. The molecule has 0 saturated carbocycles. The Kier molecular flexibility index (Phi) is 9.49. The molecule has 0 unspecified atom stereocenters. The van der Waals surface area contributed by atoms with Gasteiger partial charge in [0.25, 0.3) is 0 Å². The third-order valence-electron chi connectivity index (χ3n) is 3.27. The number of rotatable bonds is 8. The number of thioether (sulfide) groups is 1. The van der Waals surface area contributed by atoms with Gasteiger partial charge in [0, 0.05) is 31.5 Å². The predicted octanol–water partition coefficient (Wildman–Crippen LogP) is 0.768. The molecule has 6 N–H and O–H groups in total. The number of amides is 1. The molecule has 0 radical (unpaired) electrons. The van der Waals surface area contributed by atoms with Crippen LogP contribution in [0.2, 0.25) is 0 Å². The van der Waals surface area contributed by atoms with E-state index in [1.165, 1.54) is 0 Å². The largest absolute Gasteiger partial charge is 0.384 e. The minimum absolute atomic E-state index is 0.121. The van der Waals surface area contributed by atoms with Gasteiger partial charge in [0.05, 0.1) is 23.0 Å². The Hall–Kier alpha value is -2.19. The van der Waals surface area contributed by atoms with Gasteiger partial charge in [-0.1, -0.05) is 12.7 Å². The van der Waals surface area contributed by atoms with Gasteiger partial charge in [0.1, 0.15) is 5.82 Å². The lowest BCUT2D eigenvalue weighted by atomic mass is 10.3. The number of hydrogen-bond acceptors (Lipinski definition) is 7. The van der Waals surface area contributed by atoms with Crippen LogP contribution in [0.15, 0.2) is 52.7 Å². The highest BCUT2D eigenvalue weighted by Crippen LogP contribution is 2.12. The van der Waals surface area contributed by atoms with Crippen LogP contribution in [0, 0.1) is 0 Å². The van der Waals surface area contributed by atoms with E-state index >= 15 is 0 Å². The van der Waals surface area contributed by atoms with Gasteiger partial charge < -0.3 is 27.0 Å². The minimum Gasteiger partial charge on any atom is -0.384 e. The Morgan fingerprint density at radius 2 is 2.20 bits per heavy atom. The van der Waals surface area contributed by atoms with Crippen molar-refractivity contribution in [3.63, 3.8) is 0 Å². The monoisotopic (exact) mass is 364 g/mol. The van der Waals surface area contributed by atoms with E-state index in [9.17, 15) is 4.79 Å². The number of nitrogens with one attached hydrogen (secondary N) is 4. The van der Waals surface area contributed by atoms with Crippen molar-refractivity contribution in [2.75, 3.05) is 32.9 Å². The van der Waals surface area contributed by atoms with Gasteiger partial charge in [0.15, 0.2) is 0 Å². The Balaban J connectivity index is 2.68. The molecule has 1 rings (SSSR count). The summed E-state index contributed by atoms with van der Waals surface area (Å²) in [6.07, 6.45) is 6.30. The van der Waals surface area contributed by atoms with Crippen molar-refractivity contribution in [1.82, 2.24) is 21.3 Å². The summed E-state index contributed by atoms with van der Waals surface area (Å²) >= 11 is 1.63. The van der Waals surface area contributed by atoms with Crippen LogP contribution in [-0.4, -0.2) is 43.9 Å². The molecule has 0 aliphatic carbocycles. The van der Waals surface area contributed by atoms with Crippen LogP contribution in [0.5, 0.6) is 0 Å².